The van der Waals surface area contributed by atoms with Crippen molar-refractivity contribution in [2.45, 2.75) is 32.4 Å². The molecule has 1 unspecified atom stereocenters. The van der Waals surface area contributed by atoms with E-state index in [4.69, 9.17) is 15.9 Å². The van der Waals surface area contributed by atoms with Gasteiger partial charge in [0.1, 0.15) is 0 Å². The lowest BCUT2D eigenvalue weighted by molar-refractivity contribution is -0.151. The van der Waals surface area contributed by atoms with E-state index in [0.29, 0.717) is 6.42 Å². The summed E-state index contributed by atoms with van der Waals surface area (Å²) in [4.78, 5) is 32.1. The molecule has 0 radical (unpaired) electrons. The second-order valence-electron chi connectivity index (χ2n) is 3.50. The molecular weight excluding hydrogens is 228 g/mol. The Hall–Kier alpha value is -1.89. The summed E-state index contributed by atoms with van der Waals surface area (Å²) in [6, 6.07) is -2.25. The van der Waals surface area contributed by atoms with Crippen LogP contribution in [-0.2, 0) is 14.4 Å². The number of carbonyl (C=O) groups excluding carboxylic acids is 1. The summed E-state index contributed by atoms with van der Waals surface area (Å²) in [5.74, 6) is -3.60. The molecule has 0 aliphatic carbocycles. The van der Waals surface area contributed by atoms with Gasteiger partial charge in [0.15, 0.2) is 0 Å². The second-order valence-corrected chi connectivity index (χ2v) is 3.50. The maximum atomic E-state index is 10.8. The third-order valence-electron chi connectivity index (χ3n) is 2.15. The highest BCUT2D eigenvalue weighted by atomic mass is 16.4. The van der Waals surface area contributed by atoms with Crippen molar-refractivity contribution in [3.05, 3.63) is 11.6 Å². The van der Waals surface area contributed by atoms with Gasteiger partial charge >= 0.3 is 11.9 Å². The van der Waals surface area contributed by atoms with Gasteiger partial charge in [-0.15, -0.1) is 0 Å². The fourth-order valence-corrected chi connectivity index (χ4v) is 1.13. The Labute approximate surface area is 98.3 Å². The van der Waals surface area contributed by atoms with E-state index >= 15 is 0 Å². The van der Waals surface area contributed by atoms with Crippen LogP contribution in [0.3, 0.4) is 0 Å². The van der Waals surface area contributed by atoms with Gasteiger partial charge in [0.25, 0.3) is 0 Å². The van der Waals surface area contributed by atoms with Gasteiger partial charge in [-0.25, -0.2) is 9.59 Å². The summed E-state index contributed by atoms with van der Waals surface area (Å²) in [6.07, 6.45) is 1.85. The van der Waals surface area contributed by atoms with Crippen molar-refractivity contribution in [3.63, 3.8) is 0 Å². The van der Waals surface area contributed by atoms with Crippen molar-refractivity contribution < 1.29 is 24.6 Å². The first-order chi connectivity index (χ1) is 7.79. The van der Waals surface area contributed by atoms with E-state index in [2.05, 4.69) is 5.32 Å². The molecule has 1 amide bonds. The average molecular weight is 244 g/mol. The molecule has 0 aliphatic heterocycles. The predicted molar refractivity (Wildman–Crippen MR) is 59.2 cm³/mol. The number of carboxylic acids is 2. The molecule has 0 saturated heterocycles. The van der Waals surface area contributed by atoms with Crippen molar-refractivity contribution in [1.82, 2.24) is 5.32 Å². The van der Waals surface area contributed by atoms with Crippen LogP contribution < -0.4 is 11.1 Å². The Morgan fingerprint density at radius 1 is 1.29 bits per heavy atom. The van der Waals surface area contributed by atoms with Crippen LogP contribution in [-0.4, -0.2) is 40.1 Å². The van der Waals surface area contributed by atoms with Gasteiger partial charge in [-0.05, 0) is 13.3 Å². The Morgan fingerprint density at radius 2 is 1.76 bits per heavy atom. The molecule has 7 nitrogen and oxygen atoms in total. The minimum atomic E-state index is -1.71. The lowest BCUT2D eigenvalue weighted by Gasteiger charge is -2.17. The van der Waals surface area contributed by atoms with Crippen molar-refractivity contribution in [2.24, 2.45) is 5.73 Å². The van der Waals surface area contributed by atoms with Crippen LogP contribution in [0.4, 0.5) is 0 Å². The Kier molecular flexibility index (Phi) is 5.90. The number of carbonyl (C=O) groups is 3. The Morgan fingerprint density at radius 3 is 2.06 bits per heavy atom. The molecule has 5 N–H and O–H groups in total. The summed E-state index contributed by atoms with van der Waals surface area (Å²) >= 11 is 0. The predicted octanol–water partition coefficient (Wildman–Crippen LogP) is -0.676. The zero-order valence-electron chi connectivity index (χ0n) is 9.64. The monoisotopic (exact) mass is 244 g/mol. The lowest BCUT2D eigenvalue weighted by atomic mass is 10.1. The molecule has 0 aliphatic rings. The molecule has 0 aromatic heterocycles. The SMILES string of the molecule is CCC(/C=C(\C)C(N)=O)NC(C(=O)O)C(=O)O. The van der Waals surface area contributed by atoms with Gasteiger partial charge in [0.05, 0.1) is 0 Å². The van der Waals surface area contributed by atoms with Crippen LogP contribution in [0.15, 0.2) is 11.6 Å². The fourth-order valence-electron chi connectivity index (χ4n) is 1.13. The third kappa shape index (κ3) is 5.12. The number of aliphatic carboxylic acids is 2. The van der Waals surface area contributed by atoms with Gasteiger partial charge in [0.2, 0.25) is 11.9 Å². The topological polar surface area (TPSA) is 130 Å². The van der Waals surface area contributed by atoms with Crippen molar-refractivity contribution >= 4 is 17.8 Å². The lowest BCUT2D eigenvalue weighted by Crippen LogP contribution is -2.47. The quantitative estimate of drug-likeness (QED) is 0.347. The van der Waals surface area contributed by atoms with Crippen LogP contribution in [0.25, 0.3) is 0 Å². The normalized spacial score (nSPS) is 13.5. The van der Waals surface area contributed by atoms with Crippen LogP contribution in [0.2, 0.25) is 0 Å². The summed E-state index contributed by atoms with van der Waals surface area (Å²) in [6.45, 7) is 3.20. The molecule has 17 heavy (non-hydrogen) atoms. The molecule has 0 rings (SSSR count). The standard InChI is InChI=1S/C10H16N2O5/c1-3-6(4-5(2)8(11)13)12-7(9(14)15)10(16)17/h4,6-7,12H,3H2,1-2H3,(H2,11,13)(H,14,15)(H,16,17)/b5-4+. The van der Waals surface area contributed by atoms with Gasteiger partial charge in [-0.2, -0.15) is 0 Å². The van der Waals surface area contributed by atoms with Crippen LogP contribution in [0.1, 0.15) is 20.3 Å². The van der Waals surface area contributed by atoms with E-state index < -0.39 is 29.9 Å². The summed E-state index contributed by atoms with van der Waals surface area (Å²) < 4.78 is 0. The number of primary amides is 1. The number of carboxylic acid groups (broad SMARTS) is 2. The molecular formula is C10H16N2O5. The minimum Gasteiger partial charge on any atom is -0.480 e. The molecule has 0 aromatic rings. The van der Waals surface area contributed by atoms with E-state index in [0.717, 1.165) is 0 Å². The van der Waals surface area contributed by atoms with Gasteiger partial charge < -0.3 is 15.9 Å². The maximum Gasteiger partial charge on any atom is 0.332 e. The first-order valence-electron chi connectivity index (χ1n) is 4.99. The molecule has 0 aromatic carbocycles. The molecule has 0 saturated carbocycles. The minimum absolute atomic E-state index is 0.249. The number of nitrogens with one attached hydrogen (secondary N) is 1. The first kappa shape index (κ1) is 15.1. The summed E-state index contributed by atoms with van der Waals surface area (Å²) in [5.41, 5.74) is 5.27. The molecule has 0 bridgehead atoms. The molecule has 0 spiro atoms. The molecule has 1 atom stereocenters. The summed E-state index contributed by atoms with van der Waals surface area (Å²) in [7, 11) is 0. The smallest absolute Gasteiger partial charge is 0.332 e. The summed E-state index contributed by atoms with van der Waals surface area (Å²) in [5, 5.41) is 19.8. The van der Waals surface area contributed by atoms with E-state index in [1.807, 2.05) is 0 Å². The van der Waals surface area contributed by atoms with Crippen molar-refractivity contribution in [2.75, 3.05) is 0 Å². The van der Waals surface area contributed by atoms with E-state index in [9.17, 15) is 14.4 Å². The number of hydrogen-bond acceptors (Lipinski definition) is 4. The van der Waals surface area contributed by atoms with Crippen molar-refractivity contribution in [3.8, 4) is 0 Å². The number of nitrogens with two attached hydrogens (primary N) is 1. The molecule has 0 fully saturated rings. The molecule has 0 heterocycles. The van der Waals surface area contributed by atoms with Crippen molar-refractivity contribution in [1.29, 1.82) is 0 Å². The average Bonchev–Trinajstić information content (AvgIpc) is 2.22. The number of amides is 1. The van der Waals surface area contributed by atoms with Crippen LogP contribution >= 0.6 is 0 Å². The van der Waals surface area contributed by atoms with Gasteiger partial charge in [-0.1, -0.05) is 13.0 Å². The number of hydrogen-bond donors (Lipinski definition) is 4. The highest BCUT2D eigenvalue weighted by molar-refractivity contribution is 5.97. The van der Waals surface area contributed by atoms with Crippen LogP contribution in [0.5, 0.6) is 0 Å². The molecule has 7 heteroatoms. The Bertz CT molecular complexity index is 337. The third-order valence-corrected chi connectivity index (χ3v) is 2.15. The largest absolute Gasteiger partial charge is 0.480 e. The first-order valence-corrected chi connectivity index (χ1v) is 4.99. The Balaban J connectivity index is 4.80. The molecule has 96 valence electrons. The highest BCUT2D eigenvalue weighted by Crippen LogP contribution is 2.01. The number of rotatable bonds is 7. The van der Waals surface area contributed by atoms with Gasteiger partial charge in [0, 0.05) is 11.6 Å². The van der Waals surface area contributed by atoms with E-state index in [1.54, 1.807) is 6.92 Å². The van der Waals surface area contributed by atoms with Gasteiger partial charge in [-0.3, -0.25) is 10.1 Å². The highest BCUT2D eigenvalue weighted by Gasteiger charge is 2.27. The fraction of sp³-hybridized carbons (Fsp3) is 0.500. The second kappa shape index (κ2) is 6.64. The van der Waals surface area contributed by atoms with Crippen LogP contribution in [0, 0.1) is 0 Å². The van der Waals surface area contributed by atoms with E-state index in [-0.39, 0.29) is 5.57 Å². The zero-order chi connectivity index (χ0) is 13.6. The zero-order valence-corrected chi connectivity index (χ0v) is 9.64. The van der Waals surface area contributed by atoms with E-state index in [1.165, 1.54) is 13.0 Å². The maximum absolute atomic E-state index is 10.8.